The Balaban J connectivity index is 1.83. The summed E-state index contributed by atoms with van der Waals surface area (Å²) in [6.07, 6.45) is 2.91. The van der Waals surface area contributed by atoms with Crippen LogP contribution in [-0.4, -0.2) is 45.2 Å². The van der Waals surface area contributed by atoms with E-state index in [0.29, 0.717) is 11.5 Å². The van der Waals surface area contributed by atoms with E-state index in [1.54, 1.807) is 0 Å². The molecule has 3 rings (SSSR count). The predicted molar refractivity (Wildman–Crippen MR) is 116 cm³/mol. The Morgan fingerprint density at radius 2 is 1.83 bits per heavy atom. The number of carbonyl (C=O) groups excluding carboxylic acids is 1. The quantitative estimate of drug-likeness (QED) is 0.774. The number of aryl methyl sites for hydroxylation is 2. The zero-order valence-electron chi connectivity index (χ0n) is 18.5. The molecule has 158 valence electrons. The molecular formula is C23H35N5O. The van der Waals surface area contributed by atoms with Crippen molar-refractivity contribution in [3.05, 3.63) is 46.5 Å². The largest absolute Gasteiger partial charge is 0.342 e. The smallest absolute Gasteiger partial charge is 0.251 e. The van der Waals surface area contributed by atoms with Gasteiger partial charge in [-0.1, -0.05) is 38.0 Å². The molecule has 0 fully saturated rings. The van der Waals surface area contributed by atoms with Gasteiger partial charge < -0.3 is 14.8 Å². The fourth-order valence-electron chi connectivity index (χ4n) is 4.23. The lowest BCUT2D eigenvalue weighted by Crippen LogP contribution is -2.32. The molecule has 6 heteroatoms. The maximum atomic E-state index is 13.0. The average molecular weight is 398 g/mol. The van der Waals surface area contributed by atoms with E-state index in [-0.39, 0.29) is 11.9 Å². The molecule has 0 radical (unpaired) electrons. The molecule has 2 heterocycles. The van der Waals surface area contributed by atoms with Gasteiger partial charge in [0.15, 0.2) is 5.82 Å². The van der Waals surface area contributed by atoms with Crippen LogP contribution >= 0.6 is 0 Å². The van der Waals surface area contributed by atoms with Crippen LogP contribution in [0.25, 0.3) is 0 Å². The molecule has 1 N–H and O–H groups in total. The van der Waals surface area contributed by atoms with Gasteiger partial charge in [-0.15, -0.1) is 10.2 Å². The van der Waals surface area contributed by atoms with E-state index in [4.69, 9.17) is 0 Å². The third-order valence-electron chi connectivity index (χ3n) is 5.50. The second-order valence-electron chi connectivity index (χ2n) is 8.75. The Bertz CT molecular complexity index is 822. The van der Waals surface area contributed by atoms with Crippen molar-refractivity contribution in [2.75, 3.05) is 19.6 Å². The van der Waals surface area contributed by atoms with Crippen LogP contribution in [0.4, 0.5) is 0 Å². The van der Waals surface area contributed by atoms with Crippen molar-refractivity contribution in [3.63, 3.8) is 0 Å². The van der Waals surface area contributed by atoms with Gasteiger partial charge in [0.25, 0.3) is 5.91 Å². The number of amides is 1. The summed E-state index contributed by atoms with van der Waals surface area (Å²) in [7, 11) is 0. The maximum Gasteiger partial charge on any atom is 0.251 e. The molecule has 1 unspecified atom stereocenters. The van der Waals surface area contributed by atoms with E-state index in [1.807, 2.05) is 26.0 Å². The lowest BCUT2D eigenvalue weighted by Gasteiger charge is -2.22. The predicted octanol–water partition coefficient (Wildman–Crippen LogP) is 3.68. The molecule has 2 aromatic rings. The second kappa shape index (κ2) is 9.53. The van der Waals surface area contributed by atoms with Crippen molar-refractivity contribution in [3.8, 4) is 0 Å². The zero-order chi connectivity index (χ0) is 21.0. The van der Waals surface area contributed by atoms with Crippen molar-refractivity contribution < 1.29 is 4.79 Å². The van der Waals surface area contributed by atoms with Gasteiger partial charge in [-0.05, 0) is 51.3 Å². The summed E-state index contributed by atoms with van der Waals surface area (Å²) in [4.78, 5) is 15.5. The van der Waals surface area contributed by atoms with Gasteiger partial charge in [-0.2, -0.15) is 0 Å². The minimum atomic E-state index is -0.137. The highest BCUT2D eigenvalue weighted by Gasteiger charge is 2.26. The molecule has 0 saturated heterocycles. The minimum Gasteiger partial charge on any atom is -0.342 e. The van der Waals surface area contributed by atoms with Gasteiger partial charge in [-0.3, -0.25) is 4.79 Å². The van der Waals surface area contributed by atoms with Crippen LogP contribution in [0.5, 0.6) is 0 Å². The normalized spacial score (nSPS) is 15.8. The fourth-order valence-corrected chi connectivity index (χ4v) is 4.23. The molecular weight excluding hydrogens is 362 g/mol. The standard InChI is InChI=1S/C23H35N5O/c1-6-8-27-9-7-21-25-26-22(28(21)11-10-27)20(12-16(2)3)24-23(29)19-14-17(4)13-18(5)15-19/h13-16,20H,6-12H2,1-5H3,(H,24,29). The second-order valence-corrected chi connectivity index (χ2v) is 8.75. The van der Waals surface area contributed by atoms with Crippen molar-refractivity contribution in [2.45, 2.75) is 66.5 Å². The summed E-state index contributed by atoms with van der Waals surface area (Å²) < 4.78 is 2.24. The molecule has 6 nitrogen and oxygen atoms in total. The molecule has 1 atom stereocenters. The zero-order valence-corrected chi connectivity index (χ0v) is 18.5. The molecule has 0 bridgehead atoms. The van der Waals surface area contributed by atoms with E-state index in [9.17, 15) is 4.79 Å². The van der Waals surface area contributed by atoms with Gasteiger partial charge in [0.05, 0.1) is 6.04 Å². The van der Waals surface area contributed by atoms with Gasteiger partial charge >= 0.3 is 0 Å². The maximum absolute atomic E-state index is 13.0. The Labute approximate surface area is 174 Å². The topological polar surface area (TPSA) is 63.1 Å². The average Bonchev–Trinajstić information content (AvgIpc) is 2.94. The van der Waals surface area contributed by atoms with Crippen molar-refractivity contribution in [2.24, 2.45) is 5.92 Å². The van der Waals surface area contributed by atoms with E-state index < -0.39 is 0 Å². The van der Waals surface area contributed by atoms with E-state index >= 15 is 0 Å². The molecule has 0 spiro atoms. The third kappa shape index (κ3) is 5.44. The Morgan fingerprint density at radius 3 is 2.48 bits per heavy atom. The first-order chi connectivity index (χ1) is 13.9. The van der Waals surface area contributed by atoms with Crippen LogP contribution in [0.15, 0.2) is 18.2 Å². The number of hydrogen-bond donors (Lipinski definition) is 1. The monoisotopic (exact) mass is 397 g/mol. The lowest BCUT2D eigenvalue weighted by molar-refractivity contribution is 0.0928. The number of benzene rings is 1. The van der Waals surface area contributed by atoms with Crippen LogP contribution in [0.2, 0.25) is 0 Å². The highest BCUT2D eigenvalue weighted by Crippen LogP contribution is 2.23. The van der Waals surface area contributed by atoms with Crippen LogP contribution in [0.3, 0.4) is 0 Å². The summed E-state index contributed by atoms with van der Waals surface area (Å²) in [5.41, 5.74) is 2.91. The molecule has 1 amide bonds. The van der Waals surface area contributed by atoms with E-state index in [0.717, 1.165) is 68.2 Å². The number of fused-ring (bicyclic) bond motifs is 1. The van der Waals surface area contributed by atoms with Crippen LogP contribution < -0.4 is 5.32 Å². The highest BCUT2D eigenvalue weighted by atomic mass is 16.1. The van der Waals surface area contributed by atoms with Crippen molar-refractivity contribution in [1.82, 2.24) is 25.0 Å². The van der Waals surface area contributed by atoms with Gasteiger partial charge in [-0.25, -0.2) is 0 Å². The summed E-state index contributed by atoms with van der Waals surface area (Å²) >= 11 is 0. The summed E-state index contributed by atoms with van der Waals surface area (Å²) in [6.45, 7) is 14.7. The molecule has 1 aliphatic rings. The molecule has 29 heavy (non-hydrogen) atoms. The van der Waals surface area contributed by atoms with Gasteiger partial charge in [0, 0.05) is 31.6 Å². The number of carbonyl (C=O) groups is 1. The molecule has 0 aliphatic carbocycles. The molecule has 0 saturated carbocycles. The number of nitrogens with zero attached hydrogens (tertiary/aromatic N) is 4. The number of aromatic nitrogens is 3. The van der Waals surface area contributed by atoms with Crippen LogP contribution in [0.1, 0.15) is 72.8 Å². The number of hydrogen-bond acceptors (Lipinski definition) is 4. The first-order valence-corrected chi connectivity index (χ1v) is 10.9. The van der Waals surface area contributed by atoms with Crippen molar-refractivity contribution in [1.29, 1.82) is 0 Å². The van der Waals surface area contributed by atoms with Crippen LogP contribution in [-0.2, 0) is 13.0 Å². The summed E-state index contributed by atoms with van der Waals surface area (Å²) in [5.74, 6) is 2.33. The lowest BCUT2D eigenvalue weighted by atomic mass is 10.0. The highest BCUT2D eigenvalue weighted by molar-refractivity contribution is 5.94. The summed E-state index contributed by atoms with van der Waals surface area (Å²) in [5, 5.41) is 12.3. The van der Waals surface area contributed by atoms with Crippen LogP contribution in [0, 0.1) is 19.8 Å². The minimum absolute atomic E-state index is 0.0407. The van der Waals surface area contributed by atoms with E-state index in [2.05, 4.69) is 51.8 Å². The third-order valence-corrected chi connectivity index (χ3v) is 5.50. The summed E-state index contributed by atoms with van der Waals surface area (Å²) in [6, 6.07) is 5.84. The first-order valence-electron chi connectivity index (χ1n) is 10.9. The number of nitrogens with one attached hydrogen (secondary N) is 1. The Kier molecular flexibility index (Phi) is 7.06. The molecule has 1 aromatic carbocycles. The molecule has 1 aromatic heterocycles. The van der Waals surface area contributed by atoms with Gasteiger partial charge in [0.2, 0.25) is 0 Å². The van der Waals surface area contributed by atoms with Crippen molar-refractivity contribution >= 4 is 5.91 Å². The SMILES string of the molecule is CCCN1CCc2nnc(C(CC(C)C)NC(=O)c3cc(C)cc(C)c3)n2CC1. The number of rotatable bonds is 7. The van der Waals surface area contributed by atoms with Gasteiger partial charge in [0.1, 0.15) is 5.82 Å². The molecule has 1 aliphatic heterocycles. The fraction of sp³-hybridized carbons (Fsp3) is 0.609. The first kappa shape index (κ1) is 21.5. The Hall–Kier alpha value is -2.21. The Morgan fingerprint density at radius 1 is 1.10 bits per heavy atom. The van der Waals surface area contributed by atoms with E-state index in [1.165, 1.54) is 0 Å².